The Bertz CT molecular complexity index is 1000. The molecule has 1 amide bonds. The molecule has 0 saturated carbocycles. The number of sulfonamides is 1. The molecule has 1 aliphatic rings. The van der Waals surface area contributed by atoms with E-state index in [1.807, 2.05) is 13.8 Å². The molecule has 30 heavy (non-hydrogen) atoms. The molecule has 0 radical (unpaired) electrons. The van der Waals surface area contributed by atoms with Crippen LogP contribution in [-0.4, -0.2) is 37.8 Å². The van der Waals surface area contributed by atoms with Crippen molar-refractivity contribution >= 4 is 21.6 Å². The van der Waals surface area contributed by atoms with Gasteiger partial charge in [-0.05, 0) is 69.2 Å². The van der Waals surface area contributed by atoms with Crippen LogP contribution in [0.2, 0.25) is 0 Å². The van der Waals surface area contributed by atoms with Gasteiger partial charge in [0.25, 0.3) is 0 Å². The molecule has 2 aromatic carbocycles. The molecule has 1 aliphatic heterocycles. The van der Waals surface area contributed by atoms with Crippen LogP contribution in [0.25, 0.3) is 0 Å². The highest BCUT2D eigenvalue weighted by atomic mass is 32.2. The van der Waals surface area contributed by atoms with Crippen molar-refractivity contribution in [1.82, 2.24) is 4.31 Å². The third-order valence-electron chi connectivity index (χ3n) is 4.83. The molecule has 0 bridgehead atoms. The van der Waals surface area contributed by atoms with Crippen molar-refractivity contribution in [2.45, 2.75) is 37.7 Å². The smallest absolute Gasteiger partial charge is 0.246 e. The second kappa shape index (κ2) is 9.09. The second-order valence-electron chi connectivity index (χ2n) is 7.43. The fourth-order valence-electron chi connectivity index (χ4n) is 3.31. The van der Waals surface area contributed by atoms with E-state index in [1.165, 1.54) is 0 Å². The number of nitrogens with one attached hydrogen (secondary N) is 1. The lowest BCUT2D eigenvalue weighted by Gasteiger charge is -2.30. The Hall–Kier alpha value is -2.52. The highest BCUT2D eigenvalue weighted by Gasteiger charge is 2.33. The first-order chi connectivity index (χ1) is 14.2. The Morgan fingerprint density at radius 2 is 1.73 bits per heavy atom. The maximum absolute atomic E-state index is 13.9. The van der Waals surface area contributed by atoms with Gasteiger partial charge in [0.15, 0.2) is 0 Å². The van der Waals surface area contributed by atoms with Crippen LogP contribution in [-0.2, 0) is 14.8 Å². The van der Waals surface area contributed by atoms with Crippen molar-refractivity contribution in [3.63, 3.8) is 0 Å². The van der Waals surface area contributed by atoms with Crippen molar-refractivity contribution < 1.29 is 26.7 Å². The first kappa shape index (κ1) is 22.2. The van der Waals surface area contributed by atoms with Crippen LogP contribution in [0.5, 0.6) is 5.75 Å². The highest BCUT2D eigenvalue weighted by molar-refractivity contribution is 7.89. The summed E-state index contributed by atoms with van der Waals surface area (Å²) in [5.74, 6) is -1.71. The topological polar surface area (TPSA) is 75.7 Å². The number of rotatable bonds is 6. The number of ether oxygens (including phenoxy) is 1. The Morgan fingerprint density at radius 3 is 2.33 bits per heavy atom. The van der Waals surface area contributed by atoms with Crippen molar-refractivity contribution in [1.29, 1.82) is 0 Å². The van der Waals surface area contributed by atoms with Crippen molar-refractivity contribution in [2.75, 3.05) is 18.4 Å². The van der Waals surface area contributed by atoms with Crippen LogP contribution in [0.1, 0.15) is 26.7 Å². The summed E-state index contributed by atoms with van der Waals surface area (Å²) < 4.78 is 59.3. The summed E-state index contributed by atoms with van der Waals surface area (Å²) in [6, 6.07) is 9.34. The molecule has 0 aliphatic carbocycles. The summed E-state index contributed by atoms with van der Waals surface area (Å²) >= 11 is 0. The Balaban J connectivity index is 1.59. The summed E-state index contributed by atoms with van der Waals surface area (Å²) in [5, 5.41) is 2.82. The SMILES string of the molecule is CC(C)Oc1ccc(NC(=O)C2CCN(S(=O)(=O)c3cc(F)ccc3F)CC2)cc1. The molecule has 1 N–H and O–H groups in total. The zero-order valence-corrected chi connectivity index (χ0v) is 17.6. The number of amides is 1. The lowest BCUT2D eigenvalue weighted by molar-refractivity contribution is -0.120. The summed E-state index contributed by atoms with van der Waals surface area (Å²) in [5.41, 5.74) is 0.619. The van der Waals surface area contributed by atoms with Gasteiger partial charge in [0.2, 0.25) is 15.9 Å². The van der Waals surface area contributed by atoms with E-state index in [2.05, 4.69) is 5.32 Å². The third kappa shape index (κ3) is 5.14. The number of piperidine rings is 1. The maximum Gasteiger partial charge on any atom is 0.246 e. The maximum atomic E-state index is 13.9. The first-order valence-corrected chi connectivity index (χ1v) is 11.1. The summed E-state index contributed by atoms with van der Waals surface area (Å²) in [6.07, 6.45) is 0.625. The fourth-order valence-corrected chi connectivity index (χ4v) is 4.85. The van der Waals surface area contributed by atoms with Gasteiger partial charge < -0.3 is 10.1 Å². The molecular weight excluding hydrogens is 414 g/mol. The fraction of sp³-hybridized carbons (Fsp3) is 0.381. The average molecular weight is 438 g/mol. The van der Waals surface area contributed by atoms with Crippen molar-refractivity contribution in [2.24, 2.45) is 5.92 Å². The largest absolute Gasteiger partial charge is 0.491 e. The van der Waals surface area contributed by atoms with Gasteiger partial charge in [0.1, 0.15) is 22.3 Å². The van der Waals surface area contributed by atoms with Crippen LogP contribution < -0.4 is 10.1 Å². The zero-order valence-electron chi connectivity index (χ0n) is 16.8. The lowest BCUT2D eigenvalue weighted by Crippen LogP contribution is -2.41. The van der Waals surface area contributed by atoms with Gasteiger partial charge in [-0.3, -0.25) is 4.79 Å². The van der Waals surface area contributed by atoms with Crippen LogP contribution in [0.15, 0.2) is 47.4 Å². The van der Waals surface area contributed by atoms with E-state index in [9.17, 15) is 22.0 Å². The van der Waals surface area contributed by atoms with Gasteiger partial charge >= 0.3 is 0 Å². The number of nitrogens with zero attached hydrogens (tertiary/aromatic N) is 1. The predicted molar refractivity (Wildman–Crippen MR) is 109 cm³/mol. The van der Waals surface area contributed by atoms with E-state index in [1.54, 1.807) is 24.3 Å². The van der Waals surface area contributed by atoms with Gasteiger partial charge in [-0.2, -0.15) is 4.31 Å². The van der Waals surface area contributed by atoms with E-state index in [4.69, 9.17) is 4.74 Å². The molecule has 2 aromatic rings. The quantitative estimate of drug-likeness (QED) is 0.745. The molecule has 0 unspecified atom stereocenters. The molecule has 0 atom stereocenters. The minimum atomic E-state index is -4.17. The molecule has 6 nitrogen and oxygen atoms in total. The molecule has 162 valence electrons. The molecule has 0 spiro atoms. The highest BCUT2D eigenvalue weighted by Crippen LogP contribution is 2.27. The standard InChI is InChI=1S/C21H24F2N2O4S/c1-14(2)29-18-6-4-17(5-7-18)24-21(26)15-9-11-25(12-10-15)30(27,28)20-13-16(22)3-8-19(20)23/h3-8,13-15H,9-12H2,1-2H3,(H,24,26). The van der Waals surface area contributed by atoms with E-state index < -0.39 is 26.6 Å². The summed E-state index contributed by atoms with van der Waals surface area (Å²) in [7, 11) is -4.17. The Morgan fingerprint density at radius 1 is 1.10 bits per heavy atom. The summed E-state index contributed by atoms with van der Waals surface area (Å²) in [4.78, 5) is 11.8. The minimum Gasteiger partial charge on any atom is -0.491 e. The Kier molecular flexibility index (Phi) is 6.72. The number of hydrogen-bond donors (Lipinski definition) is 1. The van der Waals surface area contributed by atoms with E-state index in [0.717, 1.165) is 16.4 Å². The normalized spacial score (nSPS) is 15.9. The zero-order chi connectivity index (χ0) is 21.9. The van der Waals surface area contributed by atoms with Gasteiger partial charge in [-0.25, -0.2) is 17.2 Å². The number of hydrogen-bond acceptors (Lipinski definition) is 4. The molecule has 9 heteroatoms. The molecule has 1 saturated heterocycles. The Labute approximate surface area is 174 Å². The monoisotopic (exact) mass is 438 g/mol. The first-order valence-electron chi connectivity index (χ1n) is 9.69. The third-order valence-corrected chi connectivity index (χ3v) is 6.74. The molecule has 3 rings (SSSR count). The number of halogens is 2. The van der Waals surface area contributed by atoms with Gasteiger partial charge in [0, 0.05) is 24.7 Å². The minimum absolute atomic E-state index is 0.0489. The van der Waals surface area contributed by atoms with Crippen molar-refractivity contribution in [3.05, 3.63) is 54.1 Å². The van der Waals surface area contributed by atoms with Crippen molar-refractivity contribution in [3.8, 4) is 5.75 Å². The average Bonchev–Trinajstić information content (AvgIpc) is 2.71. The van der Waals surface area contributed by atoms with Gasteiger partial charge in [-0.15, -0.1) is 0 Å². The van der Waals surface area contributed by atoms with E-state index >= 15 is 0 Å². The van der Waals surface area contributed by atoms with E-state index in [0.29, 0.717) is 17.5 Å². The van der Waals surface area contributed by atoms with Gasteiger partial charge in [-0.1, -0.05) is 0 Å². The van der Waals surface area contributed by atoms with Gasteiger partial charge in [0.05, 0.1) is 6.10 Å². The van der Waals surface area contributed by atoms with Crippen LogP contribution >= 0.6 is 0 Å². The number of carbonyl (C=O) groups is 1. The van der Waals surface area contributed by atoms with Crippen LogP contribution in [0, 0.1) is 17.6 Å². The van der Waals surface area contributed by atoms with E-state index in [-0.39, 0.29) is 43.9 Å². The molecular formula is C21H24F2N2O4S. The van der Waals surface area contributed by atoms with Crippen LogP contribution in [0.3, 0.4) is 0 Å². The lowest BCUT2D eigenvalue weighted by atomic mass is 9.97. The molecule has 1 fully saturated rings. The number of benzene rings is 2. The summed E-state index contributed by atoms with van der Waals surface area (Å²) in [6.45, 7) is 3.95. The number of anilines is 1. The molecule has 1 heterocycles. The predicted octanol–water partition coefficient (Wildman–Crippen LogP) is 3.79. The second-order valence-corrected chi connectivity index (χ2v) is 9.34. The number of carbonyl (C=O) groups excluding carboxylic acids is 1. The van der Waals surface area contributed by atoms with Crippen LogP contribution in [0.4, 0.5) is 14.5 Å². The molecule has 0 aromatic heterocycles.